The highest BCUT2D eigenvalue weighted by molar-refractivity contribution is 5.43. The second-order valence-electron chi connectivity index (χ2n) is 4.48. The molecule has 1 atom stereocenters. The van der Waals surface area contributed by atoms with E-state index in [2.05, 4.69) is 27.7 Å². The van der Waals surface area contributed by atoms with Gasteiger partial charge in [-0.3, -0.25) is 0 Å². The van der Waals surface area contributed by atoms with Crippen molar-refractivity contribution in [3.63, 3.8) is 0 Å². The van der Waals surface area contributed by atoms with Gasteiger partial charge in [0, 0.05) is 6.04 Å². The fourth-order valence-electron chi connectivity index (χ4n) is 2.12. The molecule has 1 aliphatic rings. The molecule has 0 amide bonds. The van der Waals surface area contributed by atoms with Crippen LogP contribution in [0.2, 0.25) is 0 Å². The maximum absolute atomic E-state index is 4.14. The van der Waals surface area contributed by atoms with Crippen LogP contribution in [0.1, 0.15) is 38.4 Å². The quantitative estimate of drug-likeness (QED) is 0.831. The molecule has 2 heterocycles. The van der Waals surface area contributed by atoms with Gasteiger partial charge in [-0.05, 0) is 44.0 Å². The van der Waals surface area contributed by atoms with Gasteiger partial charge in [-0.15, -0.1) is 10.2 Å². The summed E-state index contributed by atoms with van der Waals surface area (Å²) in [6, 6.07) is 0.627. The molecule has 1 aromatic heterocycles. The normalized spacial score (nSPS) is 22.4. The summed E-state index contributed by atoms with van der Waals surface area (Å²) in [6.07, 6.45) is 7.03. The number of hydrogen-bond donors (Lipinski definition) is 1. The van der Waals surface area contributed by atoms with Crippen LogP contribution in [0.25, 0.3) is 6.08 Å². The van der Waals surface area contributed by atoms with Crippen molar-refractivity contribution in [3.8, 4) is 0 Å². The third-order valence-corrected chi connectivity index (χ3v) is 2.88. The summed E-state index contributed by atoms with van der Waals surface area (Å²) in [5, 5.41) is 15.4. The Labute approximate surface area is 95.9 Å². The van der Waals surface area contributed by atoms with E-state index in [4.69, 9.17) is 0 Å². The topological polar surface area (TPSA) is 55.6 Å². The highest BCUT2D eigenvalue weighted by Gasteiger charge is 2.12. The van der Waals surface area contributed by atoms with Gasteiger partial charge in [-0.1, -0.05) is 12.0 Å². The molecular formula is C11H19N5. The van der Waals surface area contributed by atoms with Crippen molar-refractivity contribution in [1.82, 2.24) is 25.5 Å². The molecule has 0 saturated carbocycles. The van der Waals surface area contributed by atoms with Gasteiger partial charge >= 0.3 is 0 Å². The SMILES string of the molecule is CC(=Cc1nnn(C)n1)CC1CCCCN1. The van der Waals surface area contributed by atoms with Gasteiger partial charge in [0.1, 0.15) is 0 Å². The first-order chi connectivity index (χ1) is 7.74. The van der Waals surface area contributed by atoms with Crippen molar-refractivity contribution in [1.29, 1.82) is 0 Å². The number of hydrogen-bond acceptors (Lipinski definition) is 4. The minimum absolute atomic E-state index is 0.627. The predicted molar refractivity (Wildman–Crippen MR) is 62.7 cm³/mol. The zero-order valence-electron chi connectivity index (χ0n) is 9.98. The maximum Gasteiger partial charge on any atom is 0.197 e. The van der Waals surface area contributed by atoms with Gasteiger partial charge in [0.05, 0.1) is 7.05 Å². The Morgan fingerprint density at radius 2 is 2.44 bits per heavy atom. The van der Waals surface area contributed by atoms with E-state index in [9.17, 15) is 0 Å². The van der Waals surface area contributed by atoms with Crippen molar-refractivity contribution in [2.24, 2.45) is 7.05 Å². The minimum Gasteiger partial charge on any atom is -0.314 e. The first kappa shape index (κ1) is 11.3. The van der Waals surface area contributed by atoms with Gasteiger partial charge in [0.25, 0.3) is 0 Å². The third kappa shape index (κ3) is 3.13. The molecule has 0 aliphatic carbocycles. The van der Waals surface area contributed by atoms with Gasteiger partial charge in [-0.25, -0.2) is 0 Å². The Morgan fingerprint density at radius 3 is 3.06 bits per heavy atom. The van der Waals surface area contributed by atoms with Crippen molar-refractivity contribution in [2.75, 3.05) is 6.54 Å². The first-order valence-electron chi connectivity index (χ1n) is 5.88. The third-order valence-electron chi connectivity index (χ3n) is 2.88. The summed E-state index contributed by atoms with van der Waals surface area (Å²) in [5.41, 5.74) is 1.31. The molecule has 1 unspecified atom stereocenters. The Bertz CT molecular complexity index is 362. The number of rotatable bonds is 3. The Hall–Kier alpha value is -1.23. The summed E-state index contributed by atoms with van der Waals surface area (Å²) in [4.78, 5) is 1.48. The van der Waals surface area contributed by atoms with Crippen LogP contribution < -0.4 is 5.32 Å². The number of tetrazole rings is 1. The fourth-order valence-corrected chi connectivity index (χ4v) is 2.12. The molecule has 1 saturated heterocycles. The van der Waals surface area contributed by atoms with Gasteiger partial charge < -0.3 is 5.32 Å². The lowest BCUT2D eigenvalue weighted by atomic mass is 9.98. The van der Waals surface area contributed by atoms with Crippen molar-refractivity contribution >= 4 is 6.08 Å². The van der Waals surface area contributed by atoms with E-state index >= 15 is 0 Å². The van der Waals surface area contributed by atoms with E-state index in [1.807, 2.05) is 6.08 Å². The molecule has 5 heteroatoms. The molecule has 16 heavy (non-hydrogen) atoms. The van der Waals surface area contributed by atoms with Crippen LogP contribution in [-0.4, -0.2) is 32.8 Å². The van der Waals surface area contributed by atoms with Crippen molar-refractivity contribution in [3.05, 3.63) is 11.4 Å². The van der Waals surface area contributed by atoms with Crippen molar-refractivity contribution < 1.29 is 0 Å². The van der Waals surface area contributed by atoms with Gasteiger partial charge in [0.2, 0.25) is 0 Å². The van der Waals surface area contributed by atoms with E-state index in [1.54, 1.807) is 7.05 Å². The molecule has 1 aliphatic heterocycles. The van der Waals surface area contributed by atoms with E-state index in [-0.39, 0.29) is 0 Å². The van der Waals surface area contributed by atoms with Crippen LogP contribution in [0.4, 0.5) is 0 Å². The van der Waals surface area contributed by atoms with E-state index in [0.717, 1.165) is 13.0 Å². The Morgan fingerprint density at radius 1 is 1.56 bits per heavy atom. The maximum atomic E-state index is 4.14. The van der Waals surface area contributed by atoms with Crippen LogP contribution in [0.3, 0.4) is 0 Å². The van der Waals surface area contributed by atoms with E-state index in [0.29, 0.717) is 11.9 Å². The predicted octanol–water partition coefficient (Wildman–Crippen LogP) is 1.15. The number of nitrogens with one attached hydrogen (secondary N) is 1. The summed E-state index contributed by atoms with van der Waals surface area (Å²) in [6.45, 7) is 3.29. The second-order valence-corrected chi connectivity index (χ2v) is 4.48. The molecule has 0 bridgehead atoms. The summed E-state index contributed by atoms with van der Waals surface area (Å²) < 4.78 is 0. The molecule has 88 valence electrons. The van der Waals surface area contributed by atoms with Gasteiger partial charge in [-0.2, -0.15) is 4.80 Å². The van der Waals surface area contributed by atoms with Crippen molar-refractivity contribution in [2.45, 2.75) is 38.6 Å². The van der Waals surface area contributed by atoms with Crippen LogP contribution in [0, 0.1) is 0 Å². The monoisotopic (exact) mass is 221 g/mol. The Balaban J connectivity index is 1.91. The largest absolute Gasteiger partial charge is 0.314 e. The van der Waals surface area contributed by atoms with E-state index < -0.39 is 0 Å². The van der Waals surface area contributed by atoms with Gasteiger partial charge in [0.15, 0.2) is 5.82 Å². The number of aromatic nitrogens is 4. The fraction of sp³-hybridized carbons (Fsp3) is 0.727. The Kier molecular flexibility index (Phi) is 3.66. The summed E-state index contributed by atoms with van der Waals surface area (Å²) >= 11 is 0. The molecule has 5 nitrogen and oxygen atoms in total. The highest BCUT2D eigenvalue weighted by atomic mass is 15.6. The zero-order chi connectivity index (χ0) is 11.4. The number of nitrogens with zero attached hydrogens (tertiary/aromatic N) is 4. The average Bonchev–Trinajstić information content (AvgIpc) is 2.65. The number of aryl methyl sites for hydroxylation is 1. The highest BCUT2D eigenvalue weighted by Crippen LogP contribution is 2.15. The minimum atomic E-state index is 0.627. The molecule has 1 aromatic rings. The van der Waals surface area contributed by atoms with Crippen LogP contribution in [0.5, 0.6) is 0 Å². The molecule has 0 radical (unpaired) electrons. The molecule has 2 rings (SSSR count). The van der Waals surface area contributed by atoms with Crippen LogP contribution >= 0.6 is 0 Å². The lowest BCUT2D eigenvalue weighted by molar-refractivity contribution is 0.399. The lowest BCUT2D eigenvalue weighted by Gasteiger charge is -2.23. The van der Waals surface area contributed by atoms with E-state index in [1.165, 1.54) is 29.6 Å². The molecule has 1 fully saturated rings. The van der Waals surface area contributed by atoms with Crippen LogP contribution in [-0.2, 0) is 7.05 Å². The average molecular weight is 221 g/mol. The van der Waals surface area contributed by atoms with Crippen LogP contribution in [0.15, 0.2) is 5.57 Å². The summed E-state index contributed by atoms with van der Waals surface area (Å²) in [5.74, 6) is 0.704. The summed E-state index contributed by atoms with van der Waals surface area (Å²) in [7, 11) is 1.78. The first-order valence-corrected chi connectivity index (χ1v) is 5.88. The molecule has 0 aromatic carbocycles. The molecular weight excluding hydrogens is 202 g/mol. The lowest BCUT2D eigenvalue weighted by Crippen LogP contribution is -2.33. The molecule has 0 spiro atoms. The number of piperidine rings is 1. The standard InChI is InChI=1S/C11H19N5/c1-9(7-10-5-3-4-6-12-10)8-11-13-15-16(2)14-11/h8,10,12H,3-7H2,1-2H3. The smallest absolute Gasteiger partial charge is 0.197 e. The zero-order valence-corrected chi connectivity index (χ0v) is 9.98. The second kappa shape index (κ2) is 5.21. The molecule has 1 N–H and O–H groups in total.